The number of aromatic amines is 1. The maximum Gasteiger partial charge on any atom is 0.221 e. The lowest BCUT2D eigenvalue weighted by molar-refractivity contribution is -0.121. The summed E-state index contributed by atoms with van der Waals surface area (Å²) >= 11 is 0. The number of aromatic nitrogens is 5. The monoisotopic (exact) mass is 326 g/mol. The summed E-state index contributed by atoms with van der Waals surface area (Å²) in [5, 5.41) is 7.21. The molecule has 1 aromatic carbocycles. The predicted molar refractivity (Wildman–Crippen MR) is 91.3 cm³/mol. The Morgan fingerprint density at radius 3 is 2.92 bits per heavy atom. The van der Waals surface area contributed by atoms with Gasteiger partial charge in [-0.15, -0.1) is 0 Å². The summed E-state index contributed by atoms with van der Waals surface area (Å²) in [5.41, 5.74) is 1.92. The summed E-state index contributed by atoms with van der Waals surface area (Å²) in [6.07, 6.45) is 3.27. The van der Waals surface area contributed by atoms with Gasteiger partial charge < -0.3 is 10.3 Å². The third-order valence-corrected chi connectivity index (χ3v) is 4.03. The molecule has 3 aromatic rings. The Kier molecular flexibility index (Phi) is 4.88. The van der Waals surface area contributed by atoms with Gasteiger partial charge in [0.2, 0.25) is 5.91 Å². The molecule has 0 unspecified atom stereocenters. The van der Waals surface area contributed by atoms with Gasteiger partial charge in [0.05, 0.1) is 17.1 Å². The highest BCUT2D eigenvalue weighted by atomic mass is 16.1. The molecule has 1 amide bonds. The number of carbonyl (C=O) groups excluding carboxylic acids is 1. The largest absolute Gasteiger partial charge is 0.346 e. The van der Waals surface area contributed by atoms with Crippen molar-refractivity contribution < 1.29 is 4.79 Å². The Hall–Kier alpha value is -2.70. The number of hydrogen-bond donors (Lipinski definition) is 2. The van der Waals surface area contributed by atoms with Gasteiger partial charge >= 0.3 is 0 Å². The molecule has 7 nitrogen and oxygen atoms in total. The summed E-state index contributed by atoms with van der Waals surface area (Å²) in [4.78, 5) is 24.3. The summed E-state index contributed by atoms with van der Waals surface area (Å²) in [5.74, 6) is 1.63. The zero-order chi connectivity index (χ0) is 16.9. The van der Waals surface area contributed by atoms with E-state index in [4.69, 9.17) is 0 Å². The fraction of sp³-hybridized carbons (Fsp3) is 0.412. The number of nitrogens with one attached hydrogen (secondary N) is 2. The first-order valence-corrected chi connectivity index (χ1v) is 8.32. The van der Waals surface area contributed by atoms with Crippen LogP contribution in [0.25, 0.3) is 11.0 Å². The number of aryl methyl sites for hydroxylation is 2. The van der Waals surface area contributed by atoms with E-state index in [-0.39, 0.29) is 11.9 Å². The van der Waals surface area contributed by atoms with E-state index in [2.05, 4.69) is 25.4 Å². The van der Waals surface area contributed by atoms with Gasteiger partial charge in [0, 0.05) is 19.4 Å². The standard InChI is InChI=1S/C17H22N6O/c1-3-12(17-18-11-19-23(17)4-2)22-16(24)10-9-15-20-13-7-5-6-8-14(13)21-15/h5-8,11-12H,3-4,9-10H2,1-2H3,(H,20,21)(H,22,24)/t12-/m1/s1. The Labute approximate surface area is 140 Å². The van der Waals surface area contributed by atoms with Gasteiger partial charge in [-0.25, -0.2) is 14.6 Å². The maximum atomic E-state index is 12.3. The number of benzene rings is 1. The zero-order valence-corrected chi connectivity index (χ0v) is 14.0. The van der Waals surface area contributed by atoms with Crippen molar-refractivity contribution in [3.8, 4) is 0 Å². The summed E-state index contributed by atoms with van der Waals surface area (Å²) in [7, 11) is 0. The number of amides is 1. The fourth-order valence-corrected chi connectivity index (χ4v) is 2.76. The maximum absolute atomic E-state index is 12.3. The number of rotatable bonds is 7. The quantitative estimate of drug-likeness (QED) is 0.697. The third-order valence-electron chi connectivity index (χ3n) is 4.03. The van der Waals surface area contributed by atoms with Crippen molar-refractivity contribution in [2.24, 2.45) is 0 Å². The average Bonchev–Trinajstić information content (AvgIpc) is 3.23. The minimum absolute atomic E-state index is 0.00652. The molecule has 0 radical (unpaired) electrons. The van der Waals surface area contributed by atoms with Crippen LogP contribution in [0.2, 0.25) is 0 Å². The van der Waals surface area contributed by atoms with E-state index in [0.717, 1.165) is 35.6 Å². The highest BCUT2D eigenvalue weighted by Gasteiger charge is 2.18. The van der Waals surface area contributed by atoms with E-state index < -0.39 is 0 Å². The van der Waals surface area contributed by atoms with E-state index in [1.54, 1.807) is 0 Å². The number of imidazole rings is 1. The zero-order valence-electron chi connectivity index (χ0n) is 14.0. The topological polar surface area (TPSA) is 88.5 Å². The van der Waals surface area contributed by atoms with E-state index in [1.165, 1.54) is 6.33 Å². The molecule has 0 aliphatic carbocycles. The SMILES string of the molecule is CC[C@@H](NC(=O)CCc1nc2ccccc2[nH]1)c1ncnn1CC. The Balaban J connectivity index is 1.60. The van der Waals surface area contributed by atoms with Crippen molar-refractivity contribution in [1.82, 2.24) is 30.0 Å². The molecule has 126 valence electrons. The van der Waals surface area contributed by atoms with Crippen LogP contribution in [0.15, 0.2) is 30.6 Å². The second kappa shape index (κ2) is 7.25. The number of hydrogen-bond acceptors (Lipinski definition) is 4. The molecule has 3 rings (SSSR count). The van der Waals surface area contributed by atoms with E-state index in [0.29, 0.717) is 12.8 Å². The Morgan fingerprint density at radius 2 is 2.17 bits per heavy atom. The molecule has 0 aliphatic heterocycles. The molecule has 0 saturated carbocycles. The molecule has 2 aromatic heterocycles. The lowest BCUT2D eigenvalue weighted by Crippen LogP contribution is -2.30. The third kappa shape index (κ3) is 3.45. The van der Waals surface area contributed by atoms with Crippen molar-refractivity contribution in [1.29, 1.82) is 0 Å². The molecule has 0 bridgehead atoms. The molecule has 2 N–H and O–H groups in total. The minimum Gasteiger partial charge on any atom is -0.346 e. The van der Waals surface area contributed by atoms with Gasteiger partial charge in [-0.2, -0.15) is 5.10 Å². The number of nitrogens with zero attached hydrogens (tertiary/aromatic N) is 4. The van der Waals surface area contributed by atoms with Crippen LogP contribution in [0, 0.1) is 0 Å². The second-order valence-electron chi connectivity index (χ2n) is 5.66. The van der Waals surface area contributed by atoms with Gasteiger partial charge in [0.1, 0.15) is 18.0 Å². The van der Waals surface area contributed by atoms with E-state index in [9.17, 15) is 4.79 Å². The van der Waals surface area contributed by atoms with Gasteiger partial charge in [0.15, 0.2) is 0 Å². The molecular weight excluding hydrogens is 304 g/mol. The average molecular weight is 326 g/mol. The van der Waals surface area contributed by atoms with Crippen molar-refractivity contribution in [2.45, 2.75) is 45.7 Å². The first-order valence-electron chi connectivity index (χ1n) is 8.32. The first-order chi connectivity index (χ1) is 11.7. The predicted octanol–water partition coefficient (Wildman–Crippen LogP) is 2.37. The molecule has 0 fully saturated rings. The molecule has 24 heavy (non-hydrogen) atoms. The van der Waals surface area contributed by atoms with E-state index in [1.807, 2.05) is 42.8 Å². The van der Waals surface area contributed by atoms with Gasteiger partial charge in [0.25, 0.3) is 0 Å². The highest BCUT2D eigenvalue weighted by molar-refractivity contribution is 5.77. The van der Waals surface area contributed by atoms with Crippen LogP contribution in [-0.2, 0) is 17.8 Å². The number of carbonyl (C=O) groups is 1. The van der Waals surface area contributed by atoms with Crippen LogP contribution >= 0.6 is 0 Å². The molecule has 1 atom stereocenters. The normalized spacial score (nSPS) is 12.4. The van der Waals surface area contributed by atoms with Crippen LogP contribution in [0.5, 0.6) is 0 Å². The second-order valence-corrected chi connectivity index (χ2v) is 5.66. The number of H-pyrrole nitrogens is 1. The van der Waals surface area contributed by atoms with Crippen LogP contribution in [0.4, 0.5) is 0 Å². The van der Waals surface area contributed by atoms with Crippen LogP contribution in [0.3, 0.4) is 0 Å². The van der Waals surface area contributed by atoms with Crippen LogP contribution in [0.1, 0.15) is 44.4 Å². The van der Waals surface area contributed by atoms with Crippen molar-refractivity contribution in [2.75, 3.05) is 0 Å². The number of para-hydroxylation sites is 2. The lowest BCUT2D eigenvalue weighted by atomic mass is 10.2. The fourth-order valence-electron chi connectivity index (χ4n) is 2.76. The van der Waals surface area contributed by atoms with Crippen molar-refractivity contribution in [3.63, 3.8) is 0 Å². The summed E-state index contributed by atoms with van der Waals surface area (Å²) in [6.45, 7) is 4.77. The molecule has 7 heteroatoms. The van der Waals surface area contributed by atoms with Gasteiger partial charge in [-0.05, 0) is 25.5 Å². The molecule has 0 spiro atoms. The molecule has 0 saturated heterocycles. The van der Waals surface area contributed by atoms with Gasteiger partial charge in [-0.3, -0.25) is 4.79 Å². The molecular formula is C17H22N6O. The Morgan fingerprint density at radius 1 is 1.33 bits per heavy atom. The minimum atomic E-state index is -0.115. The van der Waals surface area contributed by atoms with Crippen molar-refractivity contribution in [3.05, 3.63) is 42.2 Å². The van der Waals surface area contributed by atoms with E-state index >= 15 is 0 Å². The first kappa shape index (κ1) is 16.2. The molecule has 0 aliphatic rings. The Bertz CT molecular complexity index is 788. The number of fused-ring (bicyclic) bond motifs is 1. The summed E-state index contributed by atoms with van der Waals surface area (Å²) < 4.78 is 1.81. The van der Waals surface area contributed by atoms with Crippen molar-refractivity contribution >= 4 is 16.9 Å². The van der Waals surface area contributed by atoms with Crippen LogP contribution < -0.4 is 5.32 Å². The summed E-state index contributed by atoms with van der Waals surface area (Å²) in [6, 6.07) is 7.74. The molecule has 2 heterocycles. The lowest BCUT2D eigenvalue weighted by Gasteiger charge is -2.16. The van der Waals surface area contributed by atoms with Crippen LogP contribution in [-0.4, -0.2) is 30.6 Å². The highest BCUT2D eigenvalue weighted by Crippen LogP contribution is 2.15. The van der Waals surface area contributed by atoms with Gasteiger partial charge in [-0.1, -0.05) is 19.1 Å². The smallest absolute Gasteiger partial charge is 0.221 e.